The molecule has 0 heterocycles. The maximum absolute atomic E-state index is 10.5. The molecular weight excluding hydrogens is 230 g/mol. The van der Waals surface area contributed by atoms with E-state index in [1.165, 1.54) is 0 Å². The number of nitro groups is 1. The fourth-order valence-corrected chi connectivity index (χ4v) is 0.774. The van der Waals surface area contributed by atoms with Crippen LogP contribution in [0.4, 0.5) is 0 Å². The van der Waals surface area contributed by atoms with Crippen LogP contribution in [0.1, 0.15) is 0 Å². The van der Waals surface area contributed by atoms with Gasteiger partial charge in [0.2, 0.25) is 6.10 Å². The van der Waals surface area contributed by atoms with E-state index in [0.717, 1.165) is 0 Å². The van der Waals surface area contributed by atoms with E-state index in [9.17, 15) is 19.7 Å². The van der Waals surface area contributed by atoms with E-state index in [-0.39, 0.29) is 0 Å². The molecular formula is C6H9NO9. The van der Waals surface area contributed by atoms with Crippen LogP contribution in [-0.4, -0.2) is 66.7 Å². The Kier molecular flexibility index (Phi) is 4.91. The number of amides is 1. The molecule has 5 N–H and O–H groups in total. The summed E-state index contributed by atoms with van der Waals surface area (Å²) in [6.45, 7) is 0. The Balaban J connectivity index is 4.67. The van der Waals surface area contributed by atoms with Gasteiger partial charge in [-0.25, -0.2) is 9.59 Å². The summed E-state index contributed by atoms with van der Waals surface area (Å²) in [4.78, 5) is 29.0. The summed E-state index contributed by atoms with van der Waals surface area (Å²) in [5.41, 5.74) is 0. The number of rotatable bonds is 5. The molecule has 0 bridgehead atoms. The molecule has 0 aromatic rings. The van der Waals surface area contributed by atoms with Crippen molar-refractivity contribution in [2.24, 2.45) is 0 Å². The van der Waals surface area contributed by atoms with Crippen LogP contribution >= 0.6 is 0 Å². The molecule has 0 rings (SSSR count). The number of nitrogens with zero attached hydrogens (tertiary/aromatic N) is 1. The van der Waals surface area contributed by atoms with Gasteiger partial charge in [0.1, 0.15) is 17.1 Å². The molecule has 0 saturated carbocycles. The smallest absolute Gasteiger partial charge is 0.475 e. The molecule has 10 nitrogen and oxygen atoms in total. The standard InChI is InChI=1S/C6H9NO9/c8-1(2(9)4(11)6(13)14)3(10)5(12)7(15)16/h1-4,8-11H,(H,13,14)/t1-,2-,3+,4-/m0/s1. The molecule has 92 valence electrons. The Morgan fingerprint density at radius 1 is 1.00 bits per heavy atom. The summed E-state index contributed by atoms with van der Waals surface area (Å²) < 4.78 is 0. The maximum atomic E-state index is 10.5. The minimum absolute atomic E-state index is 1.55. The second-order valence-corrected chi connectivity index (χ2v) is 2.80. The fourth-order valence-electron chi connectivity index (χ4n) is 0.774. The number of aliphatic hydroxyl groups excluding tert-OH is 4. The third-order valence-electron chi connectivity index (χ3n) is 1.68. The zero-order valence-electron chi connectivity index (χ0n) is 7.63. The minimum atomic E-state index is -2.63. The van der Waals surface area contributed by atoms with Crippen LogP contribution in [0.2, 0.25) is 0 Å². The van der Waals surface area contributed by atoms with Crippen LogP contribution in [0, 0.1) is 10.1 Å². The lowest BCUT2D eigenvalue weighted by Crippen LogP contribution is -2.51. The van der Waals surface area contributed by atoms with Crippen molar-refractivity contribution in [1.82, 2.24) is 0 Å². The van der Waals surface area contributed by atoms with Gasteiger partial charge in [0.15, 0.2) is 6.10 Å². The van der Waals surface area contributed by atoms with E-state index in [0.29, 0.717) is 0 Å². The van der Waals surface area contributed by atoms with Crippen molar-refractivity contribution < 1.29 is 40.0 Å². The van der Waals surface area contributed by atoms with E-state index in [2.05, 4.69) is 0 Å². The van der Waals surface area contributed by atoms with Gasteiger partial charge < -0.3 is 25.5 Å². The average molecular weight is 239 g/mol. The zero-order valence-corrected chi connectivity index (χ0v) is 7.63. The quantitative estimate of drug-likeness (QED) is 0.238. The van der Waals surface area contributed by atoms with Crippen LogP contribution in [0.3, 0.4) is 0 Å². The number of carboxylic acids is 1. The largest absolute Gasteiger partial charge is 0.479 e. The van der Waals surface area contributed by atoms with Crippen LogP contribution in [0.5, 0.6) is 0 Å². The van der Waals surface area contributed by atoms with Gasteiger partial charge >= 0.3 is 11.9 Å². The summed E-state index contributed by atoms with van der Waals surface area (Å²) in [7, 11) is 0. The van der Waals surface area contributed by atoms with Crippen LogP contribution in [0.15, 0.2) is 0 Å². The van der Waals surface area contributed by atoms with Crippen molar-refractivity contribution in [3.05, 3.63) is 10.1 Å². The average Bonchev–Trinajstić information content (AvgIpc) is 2.23. The van der Waals surface area contributed by atoms with Crippen molar-refractivity contribution in [1.29, 1.82) is 0 Å². The first-order valence-electron chi connectivity index (χ1n) is 3.83. The monoisotopic (exact) mass is 239 g/mol. The first-order valence-corrected chi connectivity index (χ1v) is 3.83. The third-order valence-corrected chi connectivity index (χ3v) is 1.68. The highest BCUT2D eigenvalue weighted by Crippen LogP contribution is 2.06. The van der Waals surface area contributed by atoms with E-state index >= 15 is 0 Å². The lowest BCUT2D eigenvalue weighted by atomic mass is 10.0. The molecule has 1 amide bonds. The molecule has 0 spiro atoms. The number of aliphatic carboxylic acids is 1. The Labute approximate surface area is 87.5 Å². The molecule has 0 aromatic carbocycles. The molecule has 0 radical (unpaired) electrons. The highest BCUT2D eigenvalue weighted by molar-refractivity contribution is 5.75. The number of carbonyl (C=O) groups excluding carboxylic acids is 1. The number of aliphatic hydroxyl groups is 4. The summed E-state index contributed by atoms with van der Waals surface area (Å²) in [5.74, 6) is -3.95. The number of carboxylic acid groups (broad SMARTS) is 1. The molecule has 16 heavy (non-hydrogen) atoms. The molecule has 0 fully saturated rings. The molecule has 4 atom stereocenters. The maximum Gasteiger partial charge on any atom is 0.475 e. The number of hydrogen-bond acceptors (Lipinski definition) is 8. The van der Waals surface area contributed by atoms with Gasteiger partial charge in [0, 0.05) is 0 Å². The molecule has 0 saturated heterocycles. The van der Waals surface area contributed by atoms with Gasteiger partial charge in [0.05, 0.1) is 0 Å². The normalized spacial score (nSPS) is 18.2. The highest BCUT2D eigenvalue weighted by atomic mass is 16.6. The van der Waals surface area contributed by atoms with Gasteiger partial charge in [-0.05, 0) is 0 Å². The highest BCUT2D eigenvalue weighted by Gasteiger charge is 2.42. The van der Waals surface area contributed by atoms with Crippen molar-refractivity contribution >= 4 is 11.9 Å². The van der Waals surface area contributed by atoms with Crippen LogP contribution in [-0.2, 0) is 9.59 Å². The fraction of sp³-hybridized carbons (Fsp3) is 0.667. The first-order chi connectivity index (χ1) is 7.20. The molecule has 0 unspecified atom stereocenters. The lowest BCUT2D eigenvalue weighted by Gasteiger charge is -2.21. The molecule has 0 aliphatic heterocycles. The van der Waals surface area contributed by atoms with Crippen molar-refractivity contribution in [2.75, 3.05) is 0 Å². The number of hydrogen-bond donors (Lipinski definition) is 5. The molecule has 0 aliphatic rings. The second kappa shape index (κ2) is 5.46. The zero-order chi connectivity index (χ0) is 13.0. The van der Waals surface area contributed by atoms with E-state index in [1.807, 2.05) is 0 Å². The second-order valence-electron chi connectivity index (χ2n) is 2.80. The van der Waals surface area contributed by atoms with Gasteiger partial charge in [-0.2, -0.15) is 0 Å². The van der Waals surface area contributed by atoms with Gasteiger partial charge in [0.25, 0.3) is 0 Å². The lowest BCUT2D eigenvalue weighted by molar-refractivity contribution is -0.411. The topological polar surface area (TPSA) is 178 Å². The van der Waals surface area contributed by atoms with Crippen molar-refractivity contribution in [2.45, 2.75) is 24.4 Å². The van der Waals surface area contributed by atoms with Gasteiger partial charge in [-0.3, -0.25) is 10.1 Å². The summed E-state index contributed by atoms with van der Waals surface area (Å²) >= 11 is 0. The Morgan fingerprint density at radius 2 is 1.38 bits per heavy atom. The van der Waals surface area contributed by atoms with E-state index in [1.54, 1.807) is 0 Å². The van der Waals surface area contributed by atoms with Gasteiger partial charge in [-0.15, -0.1) is 0 Å². The summed E-state index contributed by atoms with van der Waals surface area (Å²) in [6.07, 6.45) is -10.0. The third kappa shape index (κ3) is 3.20. The molecule has 0 aliphatic carbocycles. The van der Waals surface area contributed by atoms with Crippen LogP contribution < -0.4 is 0 Å². The van der Waals surface area contributed by atoms with Crippen molar-refractivity contribution in [3.8, 4) is 0 Å². The SMILES string of the molecule is O=C(O)[C@@H](O)[C@@H](O)[C@H](O)[C@@H](O)C(=O)[N+](=O)[O-]. The predicted molar refractivity (Wildman–Crippen MR) is 43.7 cm³/mol. The van der Waals surface area contributed by atoms with E-state index < -0.39 is 41.2 Å². The predicted octanol–water partition coefficient (Wildman–Crippen LogP) is -3.68. The number of carbonyl (C=O) groups is 2. The Hall–Kier alpha value is -1.62. The summed E-state index contributed by atoms with van der Waals surface area (Å²) in [6, 6.07) is 0. The van der Waals surface area contributed by atoms with Gasteiger partial charge in [-0.1, -0.05) is 0 Å². The molecule has 0 aromatic heterocycles. The Morgan fingerprint density at radius 3 is 1.69 bits per heavy atom. The molecule has 10 heteroatoms. The minimum Gasteiger partial charge on any atom is -0.479 e. The Bertz CT molecular complexity index is 302. The summed E-state index contributed by atoms with van der Waals surface area (Å²) in [5, 5.41) is 53.6. The first kappa shape index (κ1) is 14.4. The van der Waals surface area contributed by atoms with E-state index in [4.69, 9.17) is 25.5 Å². The van der Waals surface area contributed by atoms with Crippen LogP contribution in [0.25, 0.3) is 0 Å². The van der Waals surface area contributed by atoms with Crippen molar-refractivity contribution in [3.63, 3.8) is 0 Å².